The van der Waals surface area contributed by atoms with Crippen molar-refractivity contribution in [3.63, 3.8) is 0 Å². The van der Waals surface area contributed by atoms with Crippen LogP contribution in [-0.4, -0.2) is 17.4 Å². The van der Waals surface area contributed by atoms with Crippen molar-refractivity contribution in [2.75, 3.05) is 6.61 Å². The highest BCUT2D eigenvalue weighted by Gasteiger charge is 2.13. The van der Waals surface area contributed by atoms with Gasteiger partial charge in [0.25, 0.3) is 0 Å². The van der Waals surface area contributed by atoms with E-state index in [9.17, 15) is 4.79 Å². The van der Waals surface area contributed by atoms with Crippen LogP contribution in [0.15, 0.2) is 0 Å². The minimum atomic E-state index is -0.0804. The molecule has 0 spiro atoms. The van der Waals surface area contributed by atoms with E-state index in [4.69, 9.17) is 4.74 Å². The molecule has 0 aliphatic heterocycles. The van der Waals surface area contributed by atoms with Crippen molar-refractivity contribution in [1.82, 2.24) is 0 Å². The minimum absolute atomic E-state index is 0.0428. The molecule has 0 N–H and O–H groups in total. The first-order valence-corrected chi connectivity index (χ1v) is 5.30. The SMILES string of the molecule is CCCC(C)C(=O)OCC(C)Br. The first-order chi connectivity index (χ1) is 5.57. The maximum absolute atomic E-state index is 11.2. The first-order valence-electron chi connectivity index (χ1n) is 4.38. The van der Waals surface area contributed by atoms with Crippen LogP contribution in [0.1, 0.15) is 33.6 Å². The summed E-state index contributed by atoms with van der Waals surface area (Å²) in [6, 6.07) is 0. The summed E-state index contributed by atoms with van der Waals surface area (Å²) in [6.07, 6.45) is 1.94. The Morgan fingerprint density at radius 3 is 2.50 bits per heavy atom. The van der Waals surface area contributed by atoms with Gasteiger partial charge >= 0.3 is 5.97 Å². The van der Waals surface area contributed by atoms with Gasteiger partial charge in [-0.25, -0.2) is 0 Å². The summed E-state index contributed by atoms with van der Waals surface area (Å²) < 4.78 is 5.03. The van der Waals surface area contributed by atoms with Gasteiger partial charge < -0.3 is 4.74 Å². The maximum Gasteiger partial charge on any atom is 0.308 e. The molecule has 0 fully saturated rings. The fourth-order valence-electron chi connectivity index (χ4n) is 0.890. The molecule has 0 aromatic heterocycles. The number of halogens is 1. The molecule has 0 saturated carbocycles. The van der Waals surface area contributed by atoms with Gasteiger partial charge in [0.2, 0.25) is 0 Å². The predicted molar refractivity (Wildman–Crippen MR) is 53.4 cm³/mol. The molecule has 2 nitrogen and oxygen atoms in total. The van der Waals surface area contributed by atoms with Crippen LogP contribution in [0.4, 0.5) is 0 Å². The summed E-state index contributed by atoms with van der Waals surface area (Å²) in [4.78, 5) is 11.4. The molecule has 0 aromatic rings. The van der Waals surface area contributed by atoms with Crippen LogP contribution in [0.25, 0.3) is 0 Å². The Bertz CT molecular complexity index is 134. The second-order valence-corrected chi connectivity index (χ2v) is 4.66. The van der Waals surface area contributed by atoms with E-state index in [1.165, 1.54) is 0 Å². The van der Waals surface area contributed by atoms with Crippen molar-refractivity contribution >= 4 is 21.9 Å². The molecule has 2 atom stereocenters. The molecule has 0 radical (unpaired) electrons. The largest absolute Gasteiger partial charge is 0.464 e. The highest BCUT2D eigenvalue weighted by molar-refractivity contribution is 9.09. The van der Waals surface area contributed by atoms with Crippen LogP contribution in [0.2, 0.25) is 0 Å². The molecule has 0 aliphatic rings. The maximum atomic E-state index is 11.2. The Labute approximate surface area is 82.8 Å². The van der Waals surface area contributed by atoms with Gasteiger partial charge in [-0.3, -0.25) is 4.79 Å². The highest BCUT2D eigenvalue weighted by atomic mass is 79.9. The fraction of sp³-hybridized carbons (Fsp3) is 0.889. The van der Waals surface area contributed by atoms with Gasteiger partial charge in [0.05, 0.1) is 5.92 Å². The Morgan fingerprint density at radius 1 is 1.50 bits per heavy atom. The average Bonchev–Trinajstić information content (AvgIpc) is 2.00. The van der Waals surface area contributed by atoms with Crippen LogP contribution in [0.3, 0.4) is 0 Å². The standard InChI is InChI=1S/C9H17BrO2/c1-4-5-7(2)9(11)12-6-8(3)10/h7-8H,4-6H2,1-3H3. The molecule has 2 unspecified atom stereocenters. The lowest BCUT2D eigenvalue weighted by atomic mass is 10.1. The summed E-state index contributed by atoms with van der Waals surface area (Å²) in [5.41, 5.74) is 0. The lowest BCUT2D eigenvalue weighted by Crippen LogP contribution is -2.18. The van der Waals surface area contributed by atoms with Gasteiger partial charge in [-0.05, 0) is 13.3 Å². The van der Waals surface area contributed by atoms with Crippen molar-refractivity contribution in [2.24, 2.45) is 5.92 Å². The number of rotatable bonds is 5. The minimum Gasteiger partial charge on any atom is -0.464 e. The van der Waals surface area contributed by atoms with Crippen molar-refractivity contribution < 1.29 is 9.53 Å². The highest BCUT2D eigenvalue weighted by Crippen LogP contribution is 2.08. The van der Waals surface area contributed by atoms with Crippen LogP contribution in [0.5, 0.6) is 0 Å². The number of hydrogen-bond acceptors (Lipinski definition) is 2. The zero-order valence-corrected chi connectivity index (χ0v) is 9.56. The van der Waals surface area contributed by atoms with Crippen molar-refractivity contribution in [3.05, 3.63) is 0 Å². The second kappa shape index (κ2) is 6.46. The fourth-order valence-corrected chi connectivity index (χ4v) is 1.02. The van der Waals surface area contributed by atoms with Crippen LogP contribution < -0.4 is 0 Å². The van der Waals surface area contributed by atoms with Gasteiger partial charge in [-0.15, -0.1) is 0 Å². The zero-order chi connectivity index (χ0) is 9.56. The lowest BCUT2D eigenvalue weighted by molar-refractivity contribution is -0.148. The smallest absolute Gasteiger partial charge is 0.308 e. The topological polar surface area (TPSA) is 26.3 Å². The van der Waals surface area contributed by atoms with E-state index in [0.717, 1.165) is 12.8 Å². The quantitative estimate of drug-likeness (QED) is 0.542. The zero-order valence-electron chi connectivity index (χ0n) is 7.97. The van der Waals surface area contributed by atoms with Crippen molar-refractivity contribution in [3.8, 4) is 0 Å². The van der Waals surface area contributed by atoms with Crippen LogP contribution in [-0.2, 0) is 9.53 Å². The third-order valence-electron chi connectivity index (χ3n) is 1.58. The third kappa shape index (κ3) is 5.58. The van der Waals surface area contributed by atoms with Crippen LogP contribution in [0, 0.1) is 5.92 Å². The molecule has 0 amide bonds. The summed E-state index contributed by atoms with van der Waals surface area (Å²) in [5, 5.41) is 0. The van der Waals surface area contributed by atoms with E-state index in [1.54, 1.807) is 0 Å². The van der Waals surface area contributed by atoms with Gasteiger partial charge in [0.1, 0.15) is 6.61 Å². The summed E-state index contributed by atoms with van der Waals surface area (Å²) in [7, 11) is 0. The van der Waals surface area contributed by atoms with Gasteiger partial charge in [-0.2, -0.15) is 0 Å². The van der Waals surface area contributed by atoms with Gasteiger partial charge in [-0.1, -0.05) is 36.2 Å². The normalized spacial score (nSPS) is 15.3. The Morgan fingerprint density at radius 2 is 2.08 bits per heavy atom. The molecule has 0 aromatic carbocycles. The van der Waals surface area contributed by atoms with E-state index < -0.39 is 0 Å². The van der Waals surface area contributed by atoms with E-state index in [2.05, 4.69) is 22.9 Å². The molecule has 0 rings (SSSR count). The molecule has 0 bridgehead atoms. The summed E-state index contributed by atoms with van der Waals surface area (Å²) in [5.74, 6) is -0.0376. The third-order valence-corrected chi connectivity index (χ3v) is 1.84. The molecule has 0 saturated heterocycles. The average molecular weight is 237 g/mol. The monoisotopic (exact) mass is 236 g/mol. The Kier molecular flexibility index (Phi) is 6.44. The number of carbonyl (C=O) groups is 1. The van der Waals surface area contributed by atoms with Gasteiger partial charge in [0, 0.05) is 4.83 Å². The second-order valence-electron chi connectivity index (χ2n) is 3.10. The molecule has 12 heavy (non-hydrogen) atoms. The van der Waals surface area contributed by atoms with E-state index >= 15 is 0 Å². The molecular weight excluding hydrogens is 220 g/mol. The first kappa shape index (κ1) is 11.9. The number of alkyl halides is 1. The molecule has 72 valence electrons. The predicted octanol–water partition coefficient (Wildman–Crippen LogP) is 2.75. The molecule has 0 aliphatic carbocycles. The molecule has 0 heterocycles. The number of ether oxygens (including phenoxy) is 1. The number of esters is 1. The Balaban J connectivity index is 3.57. The van der Waals surface area contributed by atoms with Crippen LogP contribution >= 0.6 is 15.9 Å². The van der Waals surface area contributed by atoms with Crippen molar-refractivity contribution in [1.29, 1.82) is 0 Å². The summed E-state index contributed by atoms with van der Waals surface area (Å²) in [6.45, 7) is 6.40. The van der Waals surface area contributed by atoms with Crippen molar-refractivity contribution in [2.45, 2.75) is 38.4 Å². The Hall–Kier alpha value is -0.0500. The van der Waals surface area contributed by atoms with E-state index in [-0.39, 0.29) is 16.7 Å². The summed E-state index contributed by atoms with van der Waals surface area (Å²) >= 11 is 3.31. The van der Waals surface area contributed by atoms with E-state index in [0.29, 0.717) is 6.61 Å². The number of carbonyl (C=O) groups excluding carboxylic acids is 1. The van der Waals surface area contributed by atoms with Gasteiger partial charge in [0.15, 0.2) is 0 Å². The molecular formula is C9H17BrO2. The molecule has 3 heteroatoms. The van der Waals surface area contributed by atoms with E-state index in [1.807, 2.05) is 13.8 Å². The lowest BCUT2D eigenvalue weighted by Gasteiger charge is -2.10. The number of hydrogen-bond donors (Lipinski definition) is 0.